The van der Waals surface area contributed by atoms with E-state index in [2.05, 4.69) is 41.2 Å². The minimum atomic E-state index is 0.533. The first kappa shape index (κ1) is 14.6. The summed E-state index contributed by atoms with van der Waals surface area (Å²) in [6.45, 7) is 3.18. The van der Waals surface area contributed by atoms with Gasteiger partial charge in [-0.2, -0.15) is 11.3 Å². The van der Waals surface area contributed by atoms with Crippen LogP contribution in [0.15, 0.2) is 41.1 Å². The largest absolute Gasteiger partial charge is 0.314 e. The summed E-state index contributed by atoms with van der Waals surface area (Å²) in [5.41, 5.74) is 2.80. The van der Waals surface area contributed by atoms with Crippen LogP contribution in [0.25, 0.3) is 0 Å². The number of benzene rings is 1. The summed E-state index contributed by atoms with van der Waals surface area (Å²) in [5.74, 6) is 0. The second-order valence-electron chi connectivity index (χ2n) is 4.76. The van der Waals surface area contributed by atoms with E-state index < -0.39 is 0 Å². The molecule has 0 saturated carbocycles. The van der Waals surface area contributed by atoms with Crippen molar-refractivity contribution < 1.29 is 0 Å². The number of aryl methyl sites for hydroxylation is 1. The Morgan fingerprint density at radius 3 is 2.58 bits per heavy atom. The van der Waals surface area contributed by atoms with Gasteiger partial charge >= 0.3 is 0 Å². The van der Waals surface area contributed by atoms with Crippen molar-refractivity contribution in [2.24, 2.45) is 0 Å². The van der Waals surface area contributed by atoms with E-state index >= 15 is 0 Å². The molecule has 0 amide bonds. The highest BCUT2D eigenvalue weighted by Gasteiger charge is 2.09. The Labute approximate surface area is 124 Å². The van der Waals surface area contributed by atoms with E-state index in [0.29, 0.717) is 6.04 Å². The Morgan fingerprint density at radius 1 is 1.16 bits per heavy atom. The van der Waals surface area contributed by atoms with Crippen LogP contribution in [0.3, 0.4) is 0 Å². The number of thiophene rings is 1. The van der Waals surface area contributed by atoms with Crippen LogP contribution in [0.4, 0.5) is 0 Å². The van der Waals surface area contributed by atoms with E-state index in [1.54, 1.807) is 11.3 Å². The molecule has 19 heavy (non-hydrogen) atoms. The van der Waals surface area contributed by atoms with Crippen LogP contribution in [0.1, 0.15) is 24.5 Å². The molecule has 0 aliphatic carbocycles. The van der Waals surface area contributed by atoms with Crippen molar-refractivity contribution in [2.75, 3.05) is 6.54 Å². The fourth-order valence-electron chi connectivity index (χ4n) is 2.25. The predicted octanol–water partition coefficient (Wildman–Crippen LogP) is 4.55. The summed E-state index contributed by atoms with van der Waals surface area (Å²) in [6.07, 6.45) is 3.39. The maximum atomic E-state index is 5.92. The van der Waals surface area contributed by atoms with E-state index in [4.69, 9.17) is 11.6 Å². The molecule has 1 N–H and O–H groups in total. The lowest BCUT2D eigenvalue weighted by atomic mass is 10.00. The van der Waals surface area contributed by atoms with Crippen molar-refractivity contribution in [1.29, 1.82) is 0 Å². The fraction of sp³-hybridized carbons (Fsp3) is 0.375. The van der Waals surface area contributed by atoms with E-state index in [0.717, 1.165) is 24.4 Å². The minimum Gasteiger partial charge on any atom is -0.314 e. The van der Waals surface area contributed by atoms with Gasteiger partial charge in [0.25, 0.3) is 0 Å². The first-order chi connectivity index (χ1) is 9.28. The van der Waals surface area contributed by atoms with Crippen molar-refractivity contribution in [3.05, 3.63) is 57.2 Å². The van der Waals surface area contributed by atoms with Crippen LogP contribution >= 0.6 is 22.9 Å². The maximum absolute atomic E-state index is 5.92. The van der Waals surface area contributed by atoms with E-state index in [-0.39, 0.29) is 0 Å². The molecule has 1 heterocycles. The van der Waals surface area contributed by atoms with Crippen LogP contribution in [-0.2, 0) is 12.8 Å². The third-order valence-electron chi connectivity index (χ3n) is 3.25. The highest BCUT2D eigenvalue weighted by molar-refractivity contribution is 7.07. The first-order valence-electron chi connectivity index (χ1n) is 6.77. The zero-order valence-electron chi connectivity index (χ0n) is 11.2. The molecule has 1 atom stereocenters. The van der Waals surface area contributed by atoms with Crippen molar-refractivity contribution >= 4 is 22.9 Å². The Hall–Kier alpha value is -0.830. The lowest BCUT2D eigenvalue weighted by Gasteiger charge is -2.17. The highest BCUT2D eigenvalue weighted by Crippen LogP contribution is 2.14. The second-order valence-corrected chi connectivity index (χ2v) is 5.97. The monoisotopic (exact) mass is 293 g/mol. The normalized spacial score (nSPS) is 12.5. The lowest BCUT2D eigenvalue weighted by molar-refractivity contribution is 0.491. The molecule has 0 fully saturated rings. The zero-order chi connectivity index (χ0) is 13.5. The van der Waals surface area contributed by atoms with Gasteiger partial charge in [0.15, 0.2) is 0 Å². The topological polar surface area (TPSA) is 12.0 Å². The number of nitrogens with one attached hydrogen (secondary N) is 1. The van der Waals surface area contributed by atoms with Gasteiger partial charge < -0.3 is 5.32 Å². The van der Waals surface area contributed by atoms with Gasteiger partial charge in [0.05, 0.1) is 0 Å². The quantitative estimate of drug-likeness (QED) is 0.789. The second kappa shape index (κ2) is 7.68. The summed E-state index contributed by atoms with van der Waals surface area (Å²) in [7, 11) is 0. The fourth-order valence-corrected chi connectivity index (χ4v) is 3.07. The standard InChI is InChI=1S/C16H20ClNS/c1-2-18-16(8-5-14-9-10-19-12-14)11-13-3-6-15(17)7-4-13/h3-4,6-7,9-10,12,16,18H,2,5,8,11H2,1H3. The predicted molar refractivity (Wildman–Crippen MR) is 85.3 cm³/mol. The van der Waals surface area contributed by atoms with Crippen LogP contribution in [0, 0.1) is 0 Å². The van der Waals surface area contributed by atoms with Gasteiger partial charge in [-0.25, -0.2) is 0 Å². The van der Waals surface area contributed by atoms with Gasteiger partial charge in [-0.05, 0) is 65.9 Å². The van der Waals surface area contributed by atoms with Gasteiger partial charge in [0.2, 0.25) is 0 Å². The smallest absolute Gasteiger partial charge is 0.0406 e. The first-order valence-corrected chi connectivity index (χ1v) is 8.09. The number of hydrogen-bond donors (Lipinski definition) is 1. The number of rotatable bonds is 7. The van der Waals surface area contributed by atoms with Gasteiger partial charge in [0, 0.05) is 11.1 Å². The van der Waals surface area contributed by atoms with Crippen LogP contribution in [-0.4, -0.2) is 12.6 Å². The molecule has 2 rings (SSSR count). The Bertz CT molecular complexity index is 464. The number of halogens is 1. The average Bonchev–Trinajstić information content (AvgIpc) is 2.92. The highest BCUT2D eigenvalue weighted by atomic mass is 35.5. The molecule has 102 valence electrons. The SMILES string of the molecule is CCNC(CCc1ccsc1)Cc1ccc(Cl)cc1. The molecule has 2 aromatic rings. The molecule has 3 heteroatoms. The number of likely N-dealkylation sites (N-methyl/N-ethyl adjacent to an activating group) is 1. The third-order valence-corrected chi connectivity index (χ3v) is 4.23. The molecule has 1 aromatic carbocycles. The summed E-state index contributed by atoms with van der Waals surface area (Å²) in [6, 6.07) is 10.9. The van der Waals surface area contributed by atoms with E-state index in [1.165, 1.54) is 17.5 Å². The maximum Gasteiger partial charge on any atom is 0.0406 e. The van der Waals surface area contributed by atoms with Gasteiger partial charge in [-0.1, -0.05) is 30.7 Å². The van der Waals surface area contributed by atoms with E-state index in [1.807, 2.05) is 12.1 Å². The van der Waals surface area contributed by atoms with Crippen molar-refractivity contribution in [3.8, 4) is 0 Å². The molecule has 1 nitrogen and oxygen atoms in total. The van der Waals surface area contributed by atoms with Crippen molar-refractivity contribution in [3.63, 3.8) is 0 Å². The van der Waals surface area contributed by atoms with Crippen LogP contribution in [0.2, 0.25) is 5.02 Å². The van der Waals surface area contributed by atoms with E-state index in [9.17, 15) is 0 Å². The summed E-state index contributed by atoms with van der Waals surface area (Å²) in [5, 5.41) is 8.78. The van der Waals surface area contributed by atoms with Gasteiger partial charge in [-0.15, -0.1) is 0 Å². The van der Waals surface area contributed by atoms with Gasteiger partial charge in [0.1, 0.15) is 0 Å². The molecule has 0 bridgehead atoms. The zero-order valence-corrected chi connectivity index (χ0v) is 12.8. The molecule has 1 aromatic heterocycles. The molecular weight excluding hydrogens is 274 g/mol. The summed E-state index contributed by atoms with van der Waals surface area (Å²) < 4.78 is 0. The average molecular weight is 294 g/mol. The molecule has 0 saturated heterocycles. The third kappa shape index (κ3) is 4.98. The molecule has 0 radical (unpaired) electrons. The number of hydrogen-bond acceptors (Lipinski definition) is 2. The Kier molecular flexibility index (Phi) is 5.90. The Morgan fingerprint density at radius 2 is 1.95 bits per heavy atom. The summed E-state index contributed by atoms with van der Waals surface area (Å²) in [4.78, 5) is 0. The lowest BCUT2D eigenvalue weighted by Crippen LogP contribution is -2.31. The van der Waals surface area contributed by atoms with Gasteiger partial charge in [-0.3, -0.25) is 0 Å². The van der Waals surface area contributed by atoms with Crippen LogP contribution in [0.5, 0.6) is 0 Å². The molecule has 0 aliphatic rings. The molecule has 0 spiro atoms. The Balaban J connectivity index is 1.89. The molecular formula is C16H20ClNS. The minimum absolute atomic E-state index is 0.533. The van der Waals surface area contributed by atoms with Crippen molar-refractivity contribution in [1.82, 2.24) is 5.32 Å². The summed E-state index contributed by atoms with van der Waals surface area (Å²) >= 11 is 7.70. The van der Waals surface area contributed by atoms with Crippen LogP contribution < -0.4 is 5.32 Å². The molecule has 0 aliphatic heterocycles. The van der Waals surface area contributed by atoms with Crippen molar-refractivity contribution in [2.45, 2.75) is 32.2 Å². The molecule has 1 unspecified atom stereocenters.